The molecular formula is C15H26N2O3. The van der Waals surface area contributed by atoms with E-state index in [0.717, 1.165) is 44.9 Å². The van der Waals surface area contributed by atoms with E-state index in [4.69, 9.17) is 0 Å². The first kappa shape index (κ1) is 15.1. The van der Waals surface area contributed by atoms with Gasteiger partial charge in [0.05, 0.1) is 0 Å². The minimum absolute atomic E-state index is 0.182. The van der Waals surface area contributed by atoms with E-state index in [2.05, 4.69) is 5.32 Å². The first-order chi connectivity index (χ1) is 9.59. The molecule has 0 heterocycles. The molecule has 0 aliphatic heterocycles. The van der Waals surface area contributed by atoms with Crippen LogP contribution in [0.25, 0.3) is 0 Å². The monoisotopic (exact) mass is 282 g/mol. The number of carbonyl (C=O) groups is 2. The normalized spacial score (nSPS) is 21.9. The number of urea groups is 1. The Labute approximate surface area is 120 Å². The van der Waals surface area contributed by atoms with Gasteiger partial charge in [-0.3, -0.25) is 0 Å². The van der Waals surface area contributed by atoms with Gasteiger partial charge in [-0.25, -0.2) is 9.59 Å². The highest BCUT2D eigenvalue weighted by atomic mass is 16.4. The molecule has 0 saturated heterocycles. The summed E-state index contributed by atoms with van der Waals surface area (Å²) in [6, 6.07) is 0.144. The average molecular weight is 282 g/mol. The van der Waals surface area contributed by atoms with Crippen molar-refractivity contribution >= 4 is 12.0 Å². The summed E-state index contributed by atoms with van der Waals surface area (Å²) >= 11 is 0. The van der Waals surface area contributed by atoms with Crippen LogP contribution in [0.15, 0.2) is 0 Å². The number of amides is 2. The first-order valence-corrected chi connectivity index (χ1v) is 7.91. The summed E-state index contributed by atoms with van der Waals surface area (Å²) in [6.07, 6.45) is 7.99. The molecule has 2 saturated carbocycles. The topological polar surface area (TPSA) is 69.6 Å². The molecule has 0 bridgehead atoms. The van der Waals surface area contributed by atoms with E-state index in [1.54, 1.807) is 0 Å². The van der Waals surface area contributed by atoms with Gasteiger partial charge in [-0.15, -0.1) is 0 Å². The molecule has 0 aromatic carbocycles. The van der Waals surface area contributed by atoms with Gasteiger partial charge in [0.2, 0.25) is 0 Å². The van der Waals surface area contributed by atoms with Crippen LogP contribution in [-0.4, -0.2) is 40.1 Å². The summed E-state index contributed by atoms with van der Waals surface area (Å²) in [5.74, 6) is -0.875. The zero-order chi connectivity index (χ0) is 14.6. The number of nitrogens with zero attached hydrogens (tertiary/aromatic N) is 1. The summed E-state index contributed by atoms with van der Waals surface area (Å²) < 4.78 is 0. The van der Waals surface area contributed by atoms with Gasteiger partial charge >= 0.3 is 12.0 Å². The maximum absolute atomic E-state index is 12.5. The predicted octanol–water partition coefficient (Wildman–Crippen LogP) is 2.75. The number of hydrogen-bond donors (Lipinski definition) is 2. The fraction of sp³-hybridized carbons (Fsp3) is 0.867. The summed E-state index contributed by atoms with van der Waals surface area (Å²) in [5, 5.41) is 12.5. The van der Waals surface area contributed by atoms with Gasteiger partial charge in [-0.05, 0) is 32.1 Å². The lowest BCUT2D eigenvalue weighted by Gasteiger charge is -2.33. The van der Waals surface area contributed by atoms with Crippen molar-refractivity contribution in [3.63, 3.8) is 0 Å². The molecule has 0 unspecified atom stereocenters. The van der Waals surface area contributed by atoms with E-state index in [-0.39, 0.29) is 6.03 Å². The van der Waals surface area contributed by atoms with Crippen LogP contribution in [0.2, 0.25) is 0 Å². The fourth-order valence-corrected chi connectivity index (χ4v) is 3.08. The summed E-state index contributed by atoms with van der Waals surface area (Å²) in [7, 11) is 0. The van der Waals surface area contributed by atoms with Crippen molar-refractivity contribution in [1.29, 1.82) is 0 Å². The smallest absolute Gasteiger partial charge is 0.329 e. The summed E-state index contributed by atoms with van der Waals surface area (Å²) in [4.78, 5) is 26.0. The van der Waals surface area contributed by atoms with Crippen molar-refractivity contribution < 1.29 is 14.7 Å². The molecular weight excluding hydrogens is 256 g/mol. The largest absolute Gasteiger partial charge is 0.480 e. The Hall–Kier alpha value is -1.26. The molecule has 0 atom stereocenters. The van der Waals surface area contributed by atoms with Gasteiger partial charge in [0.25, 0.3) is 0 Å². The summed E-state index contributed by atoms with van der Waals surface area (Å²) in [6.45, 7) is 2.76. The predicted molar refractivity (Wildman–Crippen MR) is 76.6 cm³/mol. The van der Waals surface area contributed by atoms with Crippen LogP contribution in [0, 0.1) is 0 Å². The Morgan fingerprint density at radius 1 is 1.20 bits per heavy atom. The number of carboxylic acids is 1. The highest BCUT2D eigenvalue weighted by Crippen LogP contribution is 2.30. The second-order valence-electron chi connectivity index (χ2n) is 6.16. The molecule has 2 amide bonds. The van der Waals surface area contributed by atoms with Crippen molar-refractivity contribution in [2.24, 2.45) is 0 Å². The third-order valence-corrected chi connectivity index (χ3v) is 4.43. The number of rotatable bonds is 5. The molecule has 2 N–H and O–H groups in total. The molecule has 5 heteroatoms. The zero-order valence-electron chi connectivity index (χ0n) is 12.4. The Kier molecular flexibility index (Phi) is 4.89. The minimum atomic E-state index is -1.05. The molecule has 2 fully saturated rings. The van der Waals surface area contributed by atoms with Gasteiger partial charge in [-0.1, -0.05) is 32.6 Å². The minimum Gasteiger partial charge on any atom is -0.480 e. The Bertz CT molecular complexity index is 358. The third kappa shape index (κ3) is 3.44. The van der Waals surface area contributed by atoms with Crippen LogP contribution in [-0.2, 0) is 4.79 Å². The Morgan fingerprint density at radius 2 is 1.80 bits per heavy atom. The van der Waals surface area contributed by atoms with Gasteiger partial charge in [0.1, 0.15) is 5.54 Å². The van der Waals surface area contributed by atoms with Gasteiger partial charge in [-0.2, -0.15) is 0 Å². The van der Waals surface area contributed by atoms with Crippen LogP contribution >= 0.6 is 0 Å². The molecule has 114 valence electrons. The van der Waals surface area contributed by atoms with Crippen molar-refractivity contribution in [2.45, 2.75) is 76.3 Å². The molecule has 0 aromatic rings. The van der Waals surface area contributed by atoms with Crippen LogP contribution in [0.5, 0.6) is 0 Å². The van der Waals surface area contributed by atoms with Crippen molar-refractivity contribution in [2.75, 3.05) is 6.54 Å². The van der Waals surface area contributed by atoms with Gasteiger partial charge in [0.15, 0.2) is 0 Å². The fourth-order valence-electron chi connectivity index (χ4n) is 3.08. The zero-order valence-corrected chi connectivity index (χ0v) is 12.4. The SMILES string of the molecule is CCCN(C(=O)NC1(C(=O)O)CCCCCC1)C1CC1. The van der Waals surface area contributed by atoms with Crippen LogP contribution < -0.4 is 5.32 Å². The maximum atomic E-state index is 12.5. The second kappa shape index (κ2) is 6.46. The lowest BCUT2D eigenvalue weighted by Crippen LogP contribution is -2.58. The number of hydrogen-bond acceptors (Lipinski definition) is 2. The highest BCUT2D eigenvalue weighted by Gasteiger charge is 2.42. The van der Waals surface area contributed by atoms with Crippen molar-refractivity contribution in [3.05, 3.63) is 0 Å². The maximum Gasteiger partial charge on any atom is 0.329 e. The van der Waals surface area contributed by atoms with Crippen molar-refractivity contribution in [3.8, 4) is 0 Å². The number of nitrogens with one attached hydrogen (secondary N) is 1. The number of aliphatic carboxylic acids is 1. The Morgan fingerprint density at radius 3 is 2.25 bits per heavy atom. The van der Waals surface area contributed by atoms with E-state index in [0.29, 0.717) is 25.4 Å². The van der Waals surface area contributed by atoms with Gasteiger partial charge < -0.3 is 15.3 Å². The molecule has 2 aliphatic rings. The molecule has 5 nitrogen and oxygen atoms in total. The first-order valence-electron chi connectivity index (χ1n) is 7.91. The van der Waals surface area contributed by atoms with E-state index >= 15 is 0 Å². The summed E-state index contributed by atoms with van der Waals surface area (Å²) in [5.41, 5.74) is -1.05. The number of carbonyl (C=O) groups excluding carboxylic acids is 1. The van der Waals surface area contributed by atoms with Crippen LogP contribution in [0.4, 0.5) is 4.79 Å². The lowest BCUT2D eigenvalue weighted by atomic mass is 9.90. The van der Waals surface area contributed by atoms with Crippen LogP contribution in [0.3, 0.4) is 0 Å². The standard InChI is InChI=1S/C15H26N2O3/c1-2-11-17(12-7-8-12)14(20)16-15(13(18)19)9-5-3-4-6-10-15/h12H,2-11H2,1H3,(H,16,20)(H,18,19). The van der Waals surface area contributed by atoms with E-state index in [1.165, 1.54) is 0 Å². The molecule has 20 heavy (non-hydrogen) atoms. The third-order valence-electron chi connectivity index (χ3n) is 4.43. The average Bonchev–Trinajstić information content (AvgIpc) is 3.23. The molecule has 2 rings (SSSR count). The van der Waals surface area contributed by atoms with Gasteiger partial charge in [0, 0.05) is 12.6 Å². The second-order valence-corrected chi connectivity index (χ2v) is 6.16. The van der Waals surface area contributed by atoms with Crippen LogP contribution in [0.1, 0.15) is 64.7 Å². The lowest BCUT2D eigenvalue weighted by molar-refractivity contribution is -0.145. The highest BCUT2D eigenvalue weighted by molar-refractivity contribution is 5.86. The molecule has 0 spiro atoms. The molecule has 0 aromatic heterocycles. The number of carboxylic acid groups (broad SMARTS) is 1. The Balaban J connectivity index is 2.06. The van der Waals surface area contributed by atoms with Crippen molar-refractivity contribution in [1.82, 2.24) is 10.2 Å². The van der Waals surface area contributed by atoms with E-state index < -0.39 is 11.5 Å². The molecule has 0 radical (unpaired) electrons. The quantitative estimate of drug-likeness (QED) is 0.762. The van der Waals surface area contributed by atoms with E-state index in [9.17, 15) is 14.7 Å². The molecule has 2 aliphatic carbocycles. The van der Waals surface area contributed by atoms with E-state index in [1.807, 2.05) is 11.8 Å².